The Labute approximate surface area is 251 Å². The van der Waals surface area contributed by atoms with Crippen molar-refractivity contribution in [2.75, 3.05) is 21.3 Å². The van der Waals surface area contributed by atoms with Gasteiger partial charge in [-0.3, -0.25) is 14.6 Å². The van der Waals surface area contributed by atoms with Gasteiger partial charge in [0.15, 0.2) is 17.2 Å². The van der Waals surface area contributed by atoms with Crippen molar-refractivity contribution in [2.45, 2.75) is 57.0 Å². The standard InChI is InChI=1S/C29H29Cl2FN8O2/c30-17-10-18(31)12-21(11-17)37-27(41)9-16-1-3-20(4-2-16)36-26-13-24(35-19-5-6-19)28-34-15-25(40(28)39-26)29(42)38-23-7-8-33-14-22(23)32/h7-8,10-16,19-20,35H,1-6,9H2,(H,36,39)(H,37,41)(H,33,38,42). The molecule has 13 heteroatoms. The summed E-state index contributed by atoms with van der Waals surface area (Å²) in [4.78, 5) is 33.9. The molecular weight excluding hydrogens is 582 g/mol. The normalized spacial score (nSPS) is 18.5. The monoisotopic (exact) mass is 610 g/mol. The average Bonchev–Trinajstić information content (AvgIpc) is 3.65. The van der Waals surface area contributed by atoms with Gasteiger partial charge in [-0.2, -0.15) is 0 Å². The molecule has 2 aliphatic rings. The zero-order chi connectivity index (χ0) is 29.2. The number of nitrogens with one attached hydrogen (secondary N) is 4. The molecule has 0 atom stereocenters. The molecule has 0 aliphatic heterocycles. The van der Waals surface area contributed by atoms with Crippen LogP contribution in [0, 0.1) is 11.7 Å². The molecule has 3 heterocycles. The molecule has 6 rings (SSSR count). The van der Waals surface area contributed by atoms with E-state index in [0.717, 1.165) is 50.4 Å². The zero-order valence-corrected chi connectivity index (χ0v) is 24.1. The van der Waals surface area contributed by atoms with E-state index in [1.54, 1.807) is 18.2 Å². The van der Waals surface area contributed by atoms with Gasteiger partial charge in [0.05, 0.1) is 23.8 Å². The van der Waals surface area contributed by atoms with Crippen molar-refractivity contribution >= 4 is 63.5 Å². The lowest BCUT2D eigenvalue weighted by Crippen LogP contribution is -2.29. The van der Waals surface area contributed by atoms with E-state index in [4.69, 9.17) is 23.2 Å². The van der Waals surface area contributed by atoms with Crippen LogP contribution in [0.3, 0.4) is 0 Å². The second-order valence-electron chi connectivity index (χ2n) is 10.8. The van der Waals surface area contributed by atoms with Crippen molar-refractivity contribution < 1.29 is 14.0 Å². The maximum absolute atomic E-state index is 14.1. The number of imidazole rings is 1. The Balaban J connectivity index is 1.12. The summed E-state index contributed by atoms with van der Waals surface area (Å²) in [6.07, 6.45) is 9.92. The van der Waals surface area contributed by atoms with E-state index in [2.05, 4.69) is 36.3 Å². The SMILES string of the molecule is O=C(CC1CCC(Nc2cc(NC3CC3)c3ncc(C(=O)Nc4ccncc4F)n3n2)CC1)Nc1cc(Cl)cc(Cl)c1. The van der Waals surface area contributed by atoms with Gasteiger partial charge in [0.2, 0.25) is 5.91 Å². The summed E-state index contributed by atoms with van der Waals surface area (Å²) < 4.78 is 15.6. The van der Waals surface area contributed by atoms with E-state index in [-0.39, 0.29) is 29.2 Å². The first-order valence-electron chi connectivity index (χ1n) is 13.9. The minimum absolute atomic E-state index is 0.0253. The van der Waals surface area contributed by atoms with Crippen molar-refractivity contribution in [1.82, 2.24) is 19.6 Å². The van der Waals surface area contributed by atoms with Crippen LogP contribution in [0.4, 0.5) is 27.3 Å². The molecule has 0 saturated heterocycles. The van der Waals surface area contributed by atoms with Crippen LogP contribution < -0.4 is 21.3 Å². The molecule has 0 bridgehead atoms. The Bertz CT molecular complexity index is 1620. The van der Waals surface area contributed by atoms with Gasteiger partial charge < -0.3 is 21.3 Å². The van der Waals surface area contributed by atoms with Crippen LogP contribution in [-0.4, -0.2) is 43.5 Å². The molecule has 4 N–H and O–H groups in total. The van der Waals surface area contributed by atoms with Crippen molar-refractivity contribution in [3.05, 3.63) is 70.5 Å². The third-order valence-corrected chi connectivity index (χ3v) is 7.91. The largest absolute Gasteiger partial charge is 0.379 e. The lowest BCUT2D eigenvalue weighted by molar-refractivity contribution is -0.117. The maximum Gasteiger partial charge on any atom is 0.276 e. The van der Waals surface area contributed by atoms with Crippen LogP contribution in [0.15, 0.2) is 48.9 Å². The molecule has 0 spiro atoms. The molecule has 10 nitrogen and oxygen atoms in total. The number of hydrogen-bond donors (Lipinski definition) is 4. The van der Waals surface area contributed by atoms with E-state index >= 15 is 0 Å². The summed E-state index contributed by atoms with van der Waals surface area (Å²) in [5.41, 5.74) is 2.08. The van der Waals surface area contributed by atoms with E-state index in [1.165, 1.54) is 23.0 Å². The van der Waals surface area contributed by atoms with Crippen LogP contribution in [0.1, 0.15) is 55.4 Å². The van der Waals surface area contributed by atoms with E-state index in [0.29, 0.717) is 39.7 Å². The van der Waals surface area contributed by atoms with Gasteiger partial charge in [0.1, 0.15) is 5.82 Å². The van der Waals surface area contributed by atoms with Gasteiger partial charge in [-0.15, -0.1) is 5.10 Å². The number of halogens is 3. The highest BCUT2D eigenvalue weighted by atomic mass is 35.5. The van der Waals surface area contributed by atoms with E-state index < -0.39 is 11.7 Å². The molecule has 0 radical (unpaired) electrons. The molecular formula is C29H29Cl2FN8O2. The summed E-state index contributed by atoms with van der Waals surface area (Å²) in [5, 5.41) is 18.1. The summed E-state index contributed by atoms with van der Waals surface area (Å²) in [5.74, 6) is -0.365. The van der Waals surface area contributed by atoms with Gasteiger partial charge in [-0.05, 0) is 68.7 Å². The predicted octanol–water partition coefficient (Wildman–Crippen LogP) is 6.40. The lowest BCUT2D eigenvalue weighted by atomic mass is 9.84. The topological polar surface area (TPSA) is 125 Å². The Morgan fingerprint density at radius 3 is 2.33 bits per heavy atom. The highest BCUT2D eigenvalue weighted by molar-refractivity contribution is 6.35. The number of nitrogens with zero attached hydrogens (tertiary/aromatic N) is 4. The molecule has 0 unspecified atom stereocenters. The number of pyridine rings is 1. The van der Waals surface area contributed by atoms with Crippen molar-refractivity contribution in [3.8, 4) is 0 Å². The first-order valence-corrected chi connectivity index (χ1v) is 14.6. The summed E-state index contributed by atoms with van der Waals surface area (Å²) in [6.45, 7) is 0. The van der Waals surface area contributed by atoms with Crippen molar-refractivity contribution in [3.63, 3.8) is 0 Å². The number of carbonyl (C=O) groups is 2. The average molecular weight is 612 g/mol. The summed E-state index contributed by atoms with van der Waals surface area (Å²) in [6, 6.07) is 8.79. The second kappa shape index (κ2) is 12.1. The molecule has 2 amide bonds. The van der Waals surface area contributed by atoms with Crippen LogP contribution in [0.5, 0.6) is 0 Å². The minimum atomic E-state index is -0.631. The Hall–Kier alpha value is -3.96. The molecule has 218 valence electrons. The Morgan fingerprint density at radius 1 is 0.905 bits per heavy atom. The fourth-order valence-corrected chi connectivity index (χ4v) is 5.76. The number of benzene rings is 1. The smallest absolute Gasteiger partial charge is 0.276 e. The molecule has 2 aliphatic carbocycles. The van der Waals surface area contributed by atoms with Gasteiger partial charge >= 0.3 is 0 Å². The van der Waals surface area contributed by atoms with Crippen LogP contribution >= 0.6 is 23.2 Å². The molecule has 2 saturated carbocycles. The zero-order valence-electron chi connectivity index (χ0n) is 22.5. The highest BCUT2D eigenvalue weighted by Crippen LogP contribution is 2.32. The highest BCUT2D eigenvalue weighted by Gasteiger charge is 2.27. The fourth-order valence-electron chi connectivity index (χ4n) is 5.23. The van der Waals surface area contributed by atoms with E-state index in [9.17, 15) is 14.0 Å². The van der Waals surface area contributed by atoms with Gasteiger partial charge in [0, 0.05) is 46.5 Å². The van der Waals surface area contributed by atoms with Gasteiger partial charge in [-0.25, -0.2) is 13.9 Å². The van der Waals surface area contributed by atoms with Crippen LogP contribution in [0.2, 0.25) is 10.0 Å². The number of aromatic nitrogens is 4. The molecule has 4 aromatic rings. The van der Waals surface area contributed by atoms with Crippen LogP contribution in [-0.2, 0) is 4.79 Å². The first-order chi connectivity index (χ1) is 20.3. The predicted molar refractivity (Wildman–Crippen MR) is 161 cm³/mol. The third-order valence-electron chi connectivity index (χ3n) is 7.48. The number of carbonyl (C=O) groups excluding carboxylic acids is 2. The Morgan fingerprint density at radius 2 is 1.62 bits per heavy atom. The number of hydrogen-bond acceptors (Lipinski definition) is 7. The lowest BCUT2D eigenvalue weighted by Gasteiger charge is -2.29. The second-order valence-corrected chi connectivity index (χ2v) is 11.7. The molecule has 1 aromatic carbocycles. The molecule has 2 fully saturated rings. The summed E-state index contributed by atoms with van der Waals surface area (Å²) in [7, 11) is 0. The number of anilines is 4. The van der Waals surface area contributed by atoms with Crippen LogP contribution in [0.25, 0.3) is 5.65 Å². The van der Waals surface area contributed by atoms with Crippen molar-refractivity contribution in [2.24, 2.45) is 5.92 Å². The summed E-state index contributed by atoms with van der Waals surface area (Å²) >= 11 is 12.1. The van der Waals surface area contributed by atoms with Gasteiger partial charge in [0.25, 0.3) is 5.91 Å². The number of fused-ring (bicyclic) bond motifs is 1. The molecule has 3 aromatic heterocycles. The Kier molecular flexibility index (Phi) is 8.12. The minimum Gasteiger partial charge on any atom is -0.379 e. The quantitative estimate of drug-likeness (QED) is 0.173. The number of amides is 2. The van der Waals surface area contributed by atoms with E-state index in [1.807, 2.05) is 6.07 Å². The van der Waals surface area contributed by atoms with Crippen molar-refractivity contribution in [1.29, 1.82) is 0 Å². The maximum atomic E-state index is 14.1. The molecule has 42 heavy (non-hydrogen) atoms. The third kappa shape index (κ3) is 6.74. The fraction of sp³-hybridized carbons (Fsp3) is 0.345. The first kappa shape index (κ1) is 28.2. The van der Waals surface area contributed by atoms with Gasteiger partial charge in [-0.1, -0.05) is 23.2 Å². The number of rotatable bonds is 9.